The summed E-state index contributed by atoms with van der Waals surface area (Å²) in [6, 6.07) is 0. The number of anilines is 2. The van der Waals surface area contributed by atoms with Crippen LogP contribution in [0.3, 0.4) is 0 Å². The number of nitrogens with one attached hydrogen (secondary N) is 2. The second kappa shape index (κ2) is 7.19. The summed E-state index contributed by atoms with van der Waals surface area (Å²) in [4.78, 5) is 8.65. The molecule has 0 saturated carbocycles. The molecule has 0 fully saturated rings. The number of hydrogen-bond donors (Lipinski definition) is 2. The van der Waals surface area contributed by atoms with Crippen LogP contribution in [0.15, 0.2) is 6.33 Å². The predicted octanol–water partition coefficient (Wildman–Crippen LogP) is 3.17. The number of hydrogen-bond acceptors (Lipinski definition) is 4. The van der Waals surface area contributed by atoms with Gasteiger partial charge in [0.2, 0.25) is 0 Å². The van der Waals surface area contributed by atoms with E-state index in [-0.39, 0.29) is 0 Å². The van der Waals surface area contributed by atoms with E-state index in [0.717, 1.165) is 31.0 Å². The minimum absolute atomic E-state index is 0.632. The number of rotatable bonds is 7. The molecule has 0 radical (unpaired) electrons. The first-order valence-electron chi connectivity index (χ1n) is 6.85. The first kappa shape index (κ1) is 14.7. The van der Waals surface area contributed by atoms with Crippen molar-refractivity contribution < 1.29 is 0 Å². The van der Waals surface area contributed by atoms with Crippen LogP contribution in [0.1, 0.15) is 39.7 Å². The fraction of sp³-hybridized carbons (Fsp3) is 0.714. The molecule has 102 valence electrons. The maximum atomic E-state index is 4.37. The van der Waals surface area contributed by atoms with Crippen LogP contribution in [0.4, 0.5) is 11.6 Å². The molecule has 18 heavy (non-hydrogen) atoms. The van der Waals surface area contributed by atoms with Crippen LogP contribution < -0.4 is 10.6 Å². The van der Waals surface area contributed by atoms with Gasteiger partial charge < -0.3 is 10.6 Å². The molecule has 1 heterocycles. The van der Waals surface area contributed by atoms with Crippen LogP contribution in [0.5, 0.6) is 0 Å². The van der Waals surface area contributed by atoms with Gasteiger partial charge in [-0.25, -0.2) is 9.97 Å². The molecule has 0 bridgehead atoms. The van der Waals surface area contributed by atoms with Crippen molar-refractivity contribution in [3.63, 3.8) is 0 Å². The molecule has 1 aromatic heterocycles. The van der Waals surface area contributed by atoms with E-state index in [1.165, 1.54) is 5.56 Å². The standard InChI is InChI=1S/C14H26N4/c1-6-7-12-13(15-5)17-9-18-14(12)16-8-11(4)10(2)3/h9-11H,6-8H2,1-5H3,(H2,15,16,17,18). The Hall–Kier alpha value is -1.32. The lowest BCUT2D eigenvalue weighted by Gasteiger charge is -2.18. The maximum Gasteiger partial charge on any atom is 0.134 e. The Morgan fingerprint density at radius 3 is 2.39 bits per heavy atom. The monoisotopic (exact) mass is 250 g/mol. The fourth-order valence-electron chi connectivity index (χ4n) is 1.76. The van der Waals surface area contributed by atoms with E-state index in [1.54, 1.807) is 6.33 Å². The molecule has 0 aromatic carbocycles. The first-order chi connectivity index (χ1) is 8.60. The van der Waals surface area contributed by atoms with Crippen LogP contribution in [-0.2, 0) is 6.42 Å². The molecular formula is C14H26N4. The quantitative estimate of drug-likeness (QED) is 0.780. The van der Waals surface area contributed by atoms with Gasteiger partial charge in [0, 0.05) is 19.2 Å². The number of nitrogens with zero attached hydrogens (tertiary/aromatic N) is 2. The minimum atomic E-state index is 0.632. The first-order valence-corrected chi connectivity index (χ1v) is 6.85. The summed E-state index contributed by atoms with van der Waals surface area (Å²) >= 11 is 0. The third-order valence-corrected chi connectivity index (χ3v) is 3.41. The summed E-state index contributed by atoms with van der Waals surface area (Å²) in [7, 11) is 1.90. The van der Waals surface area contributed by atoms with Crippen molar-refractivity contribution in [3.05, 3.63) is 11.9 Å². The Morgan fingerprint density at radius 1 is 1.17 bits per heavy atom. The zero-order valence-corrected chi connectivity index (χ0v) is 12.2. The molecule has 0 aliphatic carbocycles. The van der Waals surface area contributed by atoms with Crippen LogP contribution in [0.2, 0.25) is 0 Å². The molecular weight excluding hydrogens is 224 g/mol. The average molecular weight is 250 g/mol. The van der Waals surface area contributed by atoms with Gasteiger partial charge in [0.05, 0.1) is 0 Å². The molecule has 4 heteroatoms. The van der Waals surface area contributed by atoms with Crippen LogP contribution in [0.25, 0.3) is 0 Å². The van der Waals surface area contributed by atoms with Crippen LogP contribution >= 0.6 is 0 Å². The van der Waals surface area contributed by atoms with E-state index in [2.05, 4.69) is 48.3 Å². The van der Waals surface area contributed by atoms with Gasteiger partial charge in [-0.1, -0.05) is 34.1 Å². The third-order valence-electron chi connectivity index (χ3n) is 3.41. The zero-order valence-electron chi connectivity index (χ0n) is 12.2. The molecule has 1 aromatic rings. The van der Waals surface area contributed by atoms with Gasteiger partial charge in [0.25, 0.3) is 0 Å². The molecule has 0 amide bonds. The van der Waals surface area contributed by atoms with Crippen molar-refractivity contribution >= 4 is 11.6 Å². The van der Waals surface area contributed by atoms with Crippen LogP contribution in [-0.4, -0.2) is 23.6 Å². The second-order valence-corrected chi connectivity index (χ2v) is 5.15. The van der Waals surface area contributed by atoms with Crippen molar-refractivity contribution in [1.29, 1.82) is 0 Å². The molecule has 4 nitrogen and oxygen atoms in total. The summed E-state index contributed by atoms with van der Waals surface area (Å²) in [5.41, 5.74) is 1.19. The third kappa shape index (κ3) is 3.86. The van der Waals surface area contributed by atoms with Crippen molar-refractivity contribution in [1.82, 2.24) is 9.97 Å². The van der Waals surface area contributed by atoms with Crippen molar-refractivity contribution in [3.8, 4) is 0 Å². The van der Waals surface area contributed by atoms with Gasteiger partial charge in [-0.3, -0.25) is 0 Å². The Morgan fingerprint density at radius 2 is 1.83 bits per heavy atom. The van der Waals surface area contributed by atoms with E-state index in [0.29, 0.717) is 11.8 Å². The topological polar surface area (TPSA) is 49.8 Å². The van der Waals surface area contributed by atoms with Crippen molar-refractivity contribution in [2.24, 2.45) is 11.8 Å². The Kier molecular flexibility index (Phi) is 5.89. The average Bonchev–Trinajstić information content (AvgIpc) is 2.37. The highest BCUT2D eigenvalue weighted by molar-refractivity contribution is 5.57. The summed E-state index contributed by atoms with van der Waals surface area (Å²) in [5.74, 6) is 3.22. The lowest BCUT2D eigenvalue weighted by atomic mass is 9.98. The fourth-order valence-corrected chi connectivity index (χ4v) is 1.76. The predicted molar refractivity (Wildman–Crippen MR) is 78.1 cm³/mol. The normalized spacial score (nSPS) is 12.6. The zero-order chi connectivity index (χ0) is 13.5. The highest BCUT2D eigenvalue weighted by Gasteiger charge is 2.12. The van der Waals surface area contributed by atoms with Gasteiger partial charge in [-0.15, -0.1) is 0 Å². The minimum Gasteiger partial charge on any atom is -0.373 e. The highest BCUT2D eigenvalue weighted by Crippen LogP contribution is 2.22. The summed E-state index contributed by atoms with van der Waals surface area (Å²) in [5, 5.41) is 6.60. The highest BCUT2D eigenvalue weighted by atomic mass is 15.1. The van der Waals surface area contributed by atoms with E-state index >= 15 is 0 Å². The lowest BCUT2D eigenvalue weighted by Crippen LogP contribution is -2.18. The molecule has 0 aliphatic rings. The molecule has 2 N–H and O–H groups in total. The van der Waals surface area contributed by atoms with E-state index in [1.807, 2.05) is 7.05 Å². The molecule has 1 atom stereocenters. The Labute approximate surface area is 111 Å². The molecule has 0 saturated heterocycles. The van der Waals surface area contributed by atoms with Crippen molar-refractivity contribution in [2.45, 2.75) is 40.5 Å². The van der Waals surface area contributed by atoms with Gasteiger partial charge >= 0.3 is 0 Å². The van der Waals surface area contributed by atoms with Gasteiger partial charge in [-0.05, 0) is 18.3 Å². The van der Waals surface area contributed by atoms with E-state index < -0.39 is 0 Å². The smallest absolute Gasteiger partial charge is 0.134 e. The van der Waals surface area contributed by atoms with Crippen molar-refractivity contribution in [2.75, 3.05) is 24.2 Å². The molecule has 0 spiro atoms. The van der Waals surface area contributed by atoms with Gasteiger partial charge in [-0.2, -0.15) is 0 Å². The van der Waals surface area contributed by atoms with Gasteiger partial charge in [0.1, 0.15) is 18.0 Å². The summed E-state index contributed by atoms with van der Waals surface area (Å²) in [6.07, 6.45) is 3.71. The lowest BCUT2D eigenvalue weighted by molar-refractivity contribution is 0.439. The Bertz CT molecular complexity index is 363. The molecule has 1 unspecified atom stereocenters. The van der Waals surface area contributed by atoms with E-state index in [4.69, 9.17) is 0 Å². The largest absolute Gasteiger partial charge is 0.373 e. The molecule has 1 rings (SSSR count). The summed E-state index contributed by atoms with van der Waals surface area (Å²) in [6.45, 7) is 9.88. The van der Waals surface area contributed by atoms with Gasteiger partial charge in [0.15, 0.2) is 0 Å². The number of aromatic nitrogens is 2. The van der Waals surface area contributed by atoms with Crippen LogP contribution in [0, 0.1) is 11.8 Å². The Balaban J connectivity index is 2.80. The van der Waals surface area contributed by atoms with E-state index in [9.17, 15) is 0 Å². The summed E-state index contributed by atoms with van der Waals surface area (Å²) < 4.78 is 0. The maximum absolute atomic E-state index is 4.37. The molecule has 0 aliphatic heterocycles. The second-order valence-electron chi connectivity index (χ2n) is 5.15. The SMILES string of the molecule is CCCc1c(NC)ncnc1NCC(C)C(C)C.